The van der Waals surface area contributed by atoms with E-state index in [9.17, 15) is 10.1 Å². The van der Waals surface area contributed by atoms with Crippen molar-refractivity contribution in [2.45, 2.75) is 33.2 Å². The smallest absolute Gasteiger partial charge is 0.272 e. The maximum Gasteiger partial charge on any atom is 0.272 e. The quantitative estimate of drug-likeness (QED) is 0.659. The van der Waals surface area contributed by atoms with Crippen LogP contribution in [-0.2, 0) is 6.42 Å². The molecular weight excluding hydrogens is 232 g/mol. The summed E-state index contributed by atoms with van der Waals surface area (Å²) in [5, 5.41) is 11.0. The topological polar surface area (TPSA) is 78.4 Å². The van der Waals surface area contributed by atoms with E-state index in [0.29, 0.717) is 17.7 Å². The monoisotopic (exact) mass is 252 g/mol. The van der Waals surface area contributed by atoms with Crippen LogP contribution in [0.2, 0.25) is 0 Å². The fourth-order valence-electron chi connectivity index (χ4n) is 1.57. The summed E-state index contributed by atoms with van der Waals surface area (Å²) < 4.78 is 5.09. The molecule has 0 radical (unpaired) electrons. The molecule has 0 spiro atoms. The molecule has 0 amide bonds. The third-order valence-electron chi connectivity index (χ3n) is 3.04. The maximum atomic E-state index is 11.0. The first kappa shape index (κ1) is 14.4. The minimum atomic E-state index is -0.385. The van der Waals surface area contributed by atoms with Crippen LogP contribution in [0.1, 0.15) is 26.3 Å². The zero-order chi connectivity index (χ0) is 13.9. The number of nitrogens with zero attached hydrogens (tertiary/aromatic N) is 1. The largest absolute Gasteiger partial charge is 0.497 e. The lowest BCUT2D eigenvalue weighted by molar-refractivity contribution is -0.385. The number of hydrogen-bond donors (Lipinski definition) is 1. The fraction of sp³-hybridized carbons (Fsp3) is 0.538. The van der Waals surface area contributed by atoms with Crippen LogP contribution in [0.25, 0.3) is 0 Å². The average molecular weight is 252 g/mol. The van der Waals surface area contributed by atoms with E-state index in [1.807, 2.05) is 20.8 Å². The van der Waals surface area contributed by atoms with Crippen LogP contribution in [-0.4, -0.2) is 18.1 Å². The van der Waals surface area contributed by atoms with Gasteiger partial charge in [0.2, 0.25) is 0 Å². The zero-order valence-electron chi connectivity index (χ0n) is 11.3. The highest BCUT2D eigenvalue weighted by Gasteiger charge is 2.24. The molecule has 5 nitrogen and oxygen atoms in total. The Morgan fingerprint density at radius 1 is 1.44 bits per heavy atom. The van der Waals surface area contributed by atoms with Gasteiger partial charge in [-0.3, -0.25) is 10.1 Å². The van der Waals surface area contributed by atoms with E-state index in [1.165, 1.54) is 13.2 Å². The van der Waals surface area contributed by atoms with Crippen molar-refractivity contribution in [1.82, 2.24) is 0 Å². The van der Waals surface area contributed by atoms with E-state index in [0.717, 1.165) is 0 Å². The van der Waals surface area contributed by atoms with Gasteiger partial charge in [0.15, 0.2) is 0 Å². The molecule has 1 rings (SSSR count). The standard InChI is InChI=1S/C13H20N2O3/c1-13(2,3)12(14)8-9-7-10(18-4)5-6-11(9)15(16)17/h5-7,12H,8,14H2,1-4H3. The zero-order valence-corrected chi connectivity index (χ0v) is 11.3. The van der Waals surface area contributed by atoms with Crippen molar-refractivity contribution in [1.29, 1.82) is 0 Å². The summed E-state index contributed by atoms with van der Waals surface area (Å²) in [5.41, 5.74) is 6.69. The predicted molar refractivity (Wildman–Crippen MR) is 70.8 cm³/mol. The Morgan fingerprint density at radius 2 is 2.06 bits per heavy atom. The van der Waals surface area contributed by atoms with Crippen molar-refractivity contribution < 1.29 is 9.66 Å². The summed E-state index contributed by atoms with van der Waals surface area (Å²) in [7, 11) is 1.54. The van der Waals surface area contributed by atoms with E-state index in [2.05, 4.69) is 0 Å². The van der Waals surface area contributed by atoms with Crippen LogP contribution >= 0.6 is 0 Å². The Balaban J connectivity index is 3.08. The van der Waals surface area contributed by atoms with Gasteiger partial charge >= 0.3 is 0 Å². The van der Waals surface area contributed by atoms with Crippen molar-refractivity contribution in [2.24, 2.45) is 11.1 Å². The van der Waals surface area contributed by atoms with Crippen molar-refractivity contribution in [3.05, 3.63) is 33.9 Å². The maximum absolute atomic E-state index is 11.0. The summed E-state index contributed by atoms with van der Waals surface area (Å²) in [6.45, 7) is 6.05. The molecule has 5 heteroatoms. The molecule has 0 aliphatic heterocycles. The van der Waals surface area contributed by atoms with Gasteiger partial charge in [-0.05, 0) is 24.0 Å². The van der Waals surface area contributed by atoms with Crippen LogP contribution in [0.5, 0.6) is 5.75 Å². The minimum absolute atomic E-state index is 0.0931. The summed E-state index contributed by atoms with van der Waals surface area (Å²) in [6.07, 6.45) is 0.455. The van der Waals surface area contributed by atoms with E-state index < -0.39 is 0 Å². The van der Waals surface area contributed by atoms with Gasteiger partial charge in [0, 0.05) is 17.7 Å². The minimum Gasteiger partial charge on any atom is -0.497 e. The van der Waals surface area contributed by atoms with Gasteiger partial charge in [-0.25, -0.2) is 0 Å². The van der Waals surface area contributed by atoms with Gasteiger partial charge in [0.25, 0.3) is 5.69 Å². The number of rotatable bonds is 4. The molecule has 0 saturated heterocycles. The van der Waals surface area contributed by atoms with Gasteiger partial charge < -0.3 is 10.5 Å². The normalized spacial score (nSPS) is 13.2. The Morgan fingerprint density at radius 3 is 2.50 bits per heavy atom. The number of hydrogen-bond acceptors (Lipinski definition) is 4. The molecule has 0 bridgehead atoms. The number of nitrogens with two attached hydrogens (primary N) is 1. The second kappa shape index (κ2) is 5.35. The van der Waals surface area contributed by atoms with Gasteiger partial charge in [-0.2, -0.15) is 0 Å². The molecule has 0 aliphatic rings. The predicted octanol–water partition coefficient (Wildman–Crippen LogP) is 2.52. The van der Waals surface area contributed by atoms with Crippen molar-refractivity contribution in [3.8, 4) is 5.75 Å². The fourth-order valence-corrected chi connectivity index (χ4v) is 1.57. The first-order valence-electron chi connectivity index (χ1n) is 5.82. The summed E-state index contributed by atoms with van der Waals surface area (Å²) in [4.78, 5) is 10.6. The second-order valence-corrected chi connectivity index (χ2v) is 5.43. The highest BCUT2D eigenvalue weighted by molar-refractivity contribution is 5.45. The molecule has 1 aromatic carbocycles. The highest BCUT2D eigenvalue weighted by Crippen LogP contribution is 2.28. The van der Waals surface area contributed by atoms with E-state index in [1.54, 1.807) is 12.1 Å². The highest BCUT2D eigenvalue weighted by atomic mass is 16.6. The SMILES string of the molecule is COc1ccc([N+](=O)[O-])c(CC(N)C(C)(C)C)c1. The van der Waals surface area contributed by atoms with Crippen LogP contribution < -0.4 is 10.5 Å². The molecule has 18 heavy (non-hydrogen) atoms. The lowest BCUT2D eigenvalue weighted by Crippen LogP contribution is -2.37. The first-order valence-corrected chi connectivity index (χ1v) is 5.82. The van der Waals surface area contributed by atoms with Crippen molar-refractivity contribution >= 4 is 5.69 Å². The van der Waals surface area contributed by atoms with E-state index >= 15 is 0 Å². The molecule has 1 atom stereocenters. The van der Waals surface area contributed by atoms with Gasteiger partial charge in [-0.15, -0.1) is 0 Å². The third-order valence-corrected chi connectivity index (χ3v) is 3.04. The van der Waals surface area contributed by atoms with Crippen LogP contribution in [0.3, 0.4) is 0 Å². The van der Waals surface area contributed by atoms with E-state index in [4.69, 9.17) is 10.5 Å². The number of nitro groups is 1. The Hall–Kier alpha value is -1.62. The molecule has 100 valence electrons. The summed E-state index contributed by atoms with van der Waals surface area (Å²) in [5.74, 6) is 0.608. The molecule has 0 aromatic heterocycles. The number of methoxy groups -OCH3 is 1. The lowest BCUT2D eigenvalue weighted by Gasteiger charge is -2.27. The van der Waals surface area contributed by atoms with Gasteiger partial charge in [0.05, 0.1) is 12.0 Å². The van der Waals surface area contributed by atoms with Crippen LogP contribution in [0, 0.1) is 15.5 Å². The Bertz CT molecular complexity index is 438. The lowest BCUT2D eigenvalue weighted by atomic mass is 9.83. The third kappa shape index (κ3) is 3.43. The summed E-state index contributed by atoms with van der Waals surface area (Å²) >= 11 is 0. The number of benzene rings is 1. The van der Waals surface area contributed by atoms with Crippen LogP contribution in [0.15, 0.2) is 18.2 Å². The molecule has 0 heterocycles. The average Bonchev–Trinajstić information content (AvgIpc) is 2.27. The second-order valence-electron chi connectivity index (χ2n) is 5.43. The molecule has 1 unspecified atom stereocenters. The molecule has 2 N–H and O–H groups in total. The van der Waals surface area contributed by atoms with Gasteiger partial charge in [-0.1, -0.05) is 20.8 Å². The Labute approximate surface area is 107 Å². The molecule has 0 aliphatic carbocycles. The number of ether oxygens (including phenoxy) is 1. The molecular formula is C13H20N2O3. The van der Waals surface area contributed by atoms with Crippen molar-refractivity contribution in [2.75, 3.05) is 7.11 Å². The van der Waals surface area contributed by atoms with Crippen LogP contribution in [0.4, 0.5) is 5.69 Å². The Kier molecular flexibility index (Phi) is 4.29. The molecule has 1 aromatic rings. The van der Waals surface area contributed by atoms with Gasteiger partial charge in [0.1, 0.15) is 5.75 Å². The first-order chi connectivity index (χ1) is 8.25. The summed E-state index contributed by atoms with van der Waals surface area (Å²) in [6, 6.07) is 4.58. The number of nitro benzene ring substituents is 1. The molecule has 0 fully saturated rings. The molecule has 0 saturated carbocycles. The van der Waals surface area contributed by atoms with E-state index in [-0.39, 0.29) is 22.1 Å². The van der Waals surface area contributed by atoms with Crippen molar-refractivity contribution in [3.63, 3.8) is 0 Å².